The zero-order valence-corrected chi connectivity index (χ0v) is 20.3. The number of carbonyl (C=O) groups excluding carboxylic acids is 1. The molecule has 0 atom stereocenters. The van der Waals surface area contributed by atoms with Gasteiger partial charge in [0.2, 0.25) is 5.89 Å². The van der Waals surface area contributed by atoms with Crippen LogP contribution in [0.15, 0.2) is 28.7 Å². The van der Waals surface area contributed by atoms with Crippen molar-refractivity contribution in [3.8, 4) is 5.75 Å². The van der Waals surface area contributed by atoms with Gasteiger partial charge in [0.1, 0.15) is 5.75 Å². The molecule has 9 nitrogen and oxygen atoms in total. The molecule has 2 rings (SSSR count). The minimum absolute atomic E-state index is 0.119. The number of aromatic nitrogens is 2. The maximum atomic E-state index is 11.9. The third-order valence-electron chi connectivity index (χ3n) is 4.05. The summed E-state index contributed by atoms with van der Waals surface area (Å²) in [6.07, 6.45) is 3.35. The maximum absolute atomic E-state index is 11.9. The van der Waals surface area contributed by atoms with Crippen LogP contribution in [-0.4, -0.2) is 53.0 Å². The Balaban J connectivity index is 1.80. The predicted octanol–water partition coefficient (Wildman–Crippen LogP) is 4.42. The molecule has 1 heterocycles. The topological polar surface area (TPSA) is 105 Å². The van der Waals surface area contributed by atoms with E-state index in [0.29, 0.717) is 24.8 Å². The quantitative estimate of drug-likeness (QED) is 0.284. The minimum atomic E-state index is -2.64. The first-order valence-corrected chi connectivity index (χ1v) is 12.1. The monoisotopic (exact) mass is 509 g/mol. The van der Waals surface area contributed by atoms with E-state index < -0.39 is 18.7 Å². The van der Waals surface area contributed by atoms with Crippen molar-refractivity contribution in [2.24, 2.45) is 0 Å². The van der Waals surface area contributed by atoms with Crippen LogP contribution in [0.4, 0.5) is 4.79 Å². The molecule has 1 amide bonds. The van der Waals surface area contributed by atoms with E-state index in [9.17, 15) is 4.79 Å². The molecule has 0 fully saturated rings. The molecule has 0 saturated carbocycles. The molecule has 170 valence electrons. The van der Waals surface area contributed by atoms with Crippen molar-refractivity contribution in [1.29, 1.82) is 0 Å². The van der Waals surface area contributed by atoms with Gasteiger partial charge >= 0.3 is 14.9 Å². The highest BCUT2D eigenvalue weighted by Crippen LogP contribution is 2.37. The molecule has 1 aromatic carbocycles. The van der Waals surface area contributed by atoms with Crippen LogP contribution in [0.2, 0.25) is 6.04 Å². The number of hydrogen-bond donors (Lipinski definition) is 1. The van der Waals surface area contributed by atoms with E-state index in [4.69, 9.17) is 57.2 Å². The van der Waals surface area contributed by atoms with Crippen LogP contribution >= 0.6 is 34.8 Å². The number of halogens is 3. The van der Waals surface area contributed by atoms with Crippen LogP contribution in [0.5, 0.6) is 5.75 Å². The summed E-state index contributed by atoms with van der Waals surface area (Å²) in [4.78, 5) is 11.9. The largest absolute Gasteiger partial charge is 0.500 e. The predicted molar refractivity (Wildman–Crippen MR) is 119 cm³/mol. The van der Waals surface area contributed by atoms with E-state index in [0.717, 1.165) is 5.56 Å². The van der Waals surface area contributed by atoms with Crippen molar-refractivity contribution in [3.63, 3.8) is 0 Å². The molecule has 0 spiro atoms. The van der Waals surface area contributed by atoms with Crippen molar-refractivity contribution in [2.45, 2.75) is 16.3 Å². The molecule has 0 bridgehead atoms. The second kappa shape index (κ2) is 11.8. The Bertz CT molecular complexity index is 861. The molecule has 0 aliphatic rings. The molecular formula is C18H22Cl3N3O6Si. The molecular weight excluding hydrogens is 489 g/mol. The first kappa shape index (κ1) is 25.6. The summed E-state index contributed by atoms with van der Waals surface area (Å²) in [6.45, 7) is 0.394. The SMILES string of the molecule is CO[Si](CCCNC(=O)Oc1ccc(C=Cc2nnc(C(Cl)(Cl)Cl)o2)cc1)(OC)OC. The van der Waals surface area contributed by atoms with Gasteiger partial charge in [-0.25, -0.2) is 4.79 Å². The summed E-state index contributed by atoms with van der Waals surface area (Å²) >= 11 is 17.0. The fourth-order valence-corrected chi connectivity index (χ4v) is 4.38. The second-order valence-corrected chi connectivity index (χ2v) is 11.4. The number of alkyl halides is 3. The molecule has 0 saturated heterocycles. The first-order valence-electron chi connectivity index (χ1n) is 9.01. The Morgan fingerprint density at radius 3 is 2.29 bits per heavy atom. The third-order valence-corrected chi connectivity index (χ3v) is 7.37. The van der Waals surface area contributed by atoms with E-state index in [2.05, 4.69) is 15.5 Å². The summed E-state index contributed by atoms with van der Waals surface area (Å²) in [7, 11) is 1.99. The van der Waals surface area contributed by atoms with E-state index in [1.165, 1.54) is 0 Å². The van der Waals surface area contributed by atoms with Crippen molar-refractivity contribution < 1.29 is 27.2 Å². The molecule has 31 heavy (non-hydrogen) atoms. The molecule has 0 aliphatic heterocycles. The number of amides is 1. The van der Waals surface area contributed by atoms with Crippen LogP contribution < -0.4 is 10.1 Å². The Morgan fingerprint density at radius 1 is 1.10 bits per heavy atom. The lowest BCUT2D eigenvalue weighted by Gasteiger charge is -2.24. The van der Waals surface area contributed by atoms with Gasteiger partial charge in [-0.2, -0.15) is 0 Å². The number of ether oxygens (including phenoxy) is 1. The molecule has 0 aliphatic carbocycles. The molecule has 0 unspecified atom stereocenters. The minimum Gasteiger partial charge on any atom is -0.417 e. The summed E-state index contributed by atoms with van der Waals surface area (Å²) < 4.78 is 24.7. The Morgan fingerprint density at radius 2 is 1.74 bits per heavy atom. The molecule has 13 heteroatoms. The lowest BCUT2D eigenvalue weighted by molar-refractivity contribution is 0.123. The molecule has 0 radical (unpaired) electrons. The fourth-order valence-electron chi connectivity index (χ4n) is 2.43. The standard InChI is InChI=1S/C18H22Cl3N3O6Si/c1-26-31(27-2,28-3)12-4-11-22-17(25)29-14-8-5-13(6-9-14)7-10-15-23-24-16(30-15)18(19,20)21/h5-10H,4,11-12H2,1-3H3,(H,22,25). The number of nitrogens with zero attached hydrogens (tertiary/aromatic N) is 2. The fraction of sp³-hybridized carbons (Fsp3) is 0.389. The zero-order chi connectivity index (χ0) is 22.9. The van der Waals surface area contributed by atoms with Crippen LogP contribution in [0.25, 0.3) is 12.2 Å². The van der Waals surface area contributed by atoms with Gasteiger partial charge in [0.05, 0.1) is 0 Å². The summed E-state index contributed by atoms with van der Waals surface area (Å²) in [5, 5.41) is 10.1. The van der Waals surface area contributed by atoms with Crippen LogP contribution in [0.1, 0.15) is 23.8 Å². The molecule has 1 N–H and O–H groups in total. The van der Waals surface area contributed by atoms with Crippen LogP contribution in [0, 0.1) is 0 Å². The number of carbonyl (C=O) groups is 1. The smallest absolute Gasteiger partial charge is 0.417 e. The van der Waals surface area contributed by atoms with Crippen molar-refractivity contribution in [2.75, 3.05) is 27.9 Å². The average Bonchev–Trinajstić information content (AvgIpc) is 3.24. The summed E-state index contributed by atoms with van der Waals surface area (Å²) in [6, 6.07) is 7.38. The highest BCUT2D eigenvalue weighted by Gasteiger charge is 2.36. The lowest BCUT2D eigenvalue weighted by atomic mass is 10.2. The average molecular weight is 511 g/mol. The van der Waals surface area contributed by atoms with Gasteiger partial charge < -0.3 is 27.7 Å². The zero-order valence-electron chi connectivity index (χ0n) is 17.1. The van der Waals surface area contributed by atoms with Gasteiger partial charge in [0, 0.05) is 40.0 Å². The van der Waals surface area contributed by atoms with E-state index in [-0.39, 0.29) is 11.8 Å². The maximum Gasteiger partial charge on any atom is 0.500 e. The summed E-state index contributed by atoms with van der Waals surface area (Å²) in [5.74, 6) is 0.454. The van der Waals surface area contributed by atoms with Gasteiger partial charge in [0.25, 0.3) is 9.68 Å². The molecule has 2 aromatic rings. The third kappa shape index (κ3) is 8.07. The van der Waals surface area contributed by atoms with Gasteiger partial charge in [-0.1, -0.05) is 46.9 Å². The van der Waals surface area contributed by atoms with Crippen molar-refractivity contribution in [3.05, 3.63) is 41.6 Å². The van der Waals surface area contributed by atoms with Crippen LogP contribution in [0.3, 0.4) is 0 Å². The number of nitrogens with one attached hydrogen (secondary N) is 1. The number of benzene rings is 1. The number of rotatable bonds is 10. The van der Waals surface area contributed by atoms with E-state index in [1.54, 1.807) is 57.7 Å². The summed E-state index contributed by atoms with van der Waals surface area (Å²) in [5.41, 5.74) is 0.807. The van der Waals surface area contributed by atoms with Gasteiger partial charge in [-0.3, -0.25) is 0 Å². The van der Waals surface area contributed by atoms with E-state index >= 15 is 0 Å². The van der Waals surface area contributed by atoms with Gasteiger partial charge in [-0.05, 0) is 30.2 Å². The highest BCUT2D eigenvalue weighted by atomic mass is 35.6. The Hall–Kier alpha value is -1.66. The highest BCUT2D eigenvalue weighted by molar-refractivity contribution is 6.66. The first-order chi connectivity index (χ1) is 14.7. The lowest BCUT2D eigenvalue weighted by Crippen LogP contribution is -2.43. The van der Waals surface area contributed by atoms with Crippen LogP contribution in [-0.2, 0) is 17.1 Å². The van der Waals surface area contributed by atoms with Crippen molar-refractivity contribution >= 4 is 61.9 Å². The van der Waals surface area contributed by atoms with Crippen molar-refractivity contribution in [1.82, 2.24) is 15.5 Å². The van der Waals surface area contributed by atoms with E-state index in [1.807, 2.05) is 0 Å². The van der Waals surface area contributed by atoms with Gasteiger partial charge in [-0.15, -0.1) is 10.2 Å². The Labute approximate surface area is 195 Å². The Kier molecular flexibility index (Phi) is 9.75. The number of hydrogen-bond acceptors (Lipinski definition) is 8. The molecule has 1 aromatic heterocycles. The second-order valence-electron chi connectivity index (χ2n) is 6.06. The van der Waals surface area contributed by atoms with Gasteiger partial charge in [0.15, 0.2) is 0 Å². The normalized spacial score (nSPS) is 12.3.